The number of halogens is 3. The summed E-state index contributed by atoms with van der Waals surface area (Å²) in [5.41, 5.74) is 9.72. The molecule has 0 unspecified atom stereocenters. The van der Waals surface area contributed by atoms with Crippen molar-refractivity contribution in [3.63, 3.8) is 0 Å². The third kappa shape index (κ3) is 6.06. The van der Waals surface area contributed by atoms with Crippen molar-refractivity contribution in [1.82, 2.24) is 14.8 Å². The van der Waals surface area contributed by atoms with Crippen molar-refractivity contribution in [3.8, 4) is 11.1 Å². The van der Waals surface area contributed by atoms with Crippen LogP contribution in [0.3, 0.4) is 0 Å². The van der Waals surface area contributed by atoms with Crippen LogP contribution in [0.15, 0.2) is 72.8 Å². The zero-order valence-electron chi connectivity index (χ0n) is 23.3. The number of nitrogens with two attached hydrogens (primary N) is 1. The summed E-state index contributed by atoms with van der Waals surface area (Å²) in [6, 6.07) is 20.5. The standard InChI is InChI=1S/C33H34F3N5O/c34-33(35,36)25-10-5-22(6-11-25)20-38-31-19-29(32(42)41-17-3-4-27(41)21-40-15-1-2-16-40)28-14-9-24(18-30(28)39-31)23-7-12-26(37)13-8-23/h5-14,18-19,27H,1-4,15-17,20-21,37H2,(H,38,39)/t27-/m0/s1. The number of carbonyl (C=O) groups is 1. The van der Waals surface area contributed by atoms with Gasteiger partial charge in [0.05, 0.1) is 16.6 Å². The maximum absolute atomic E-state index is 14.1. The van der Waals surface area contributed by atoms with Gasteiger partial charge in [-0.2, -0.15) is 13.2 Å². The quantitative estimate of drug-likeness (QED) is 0.238. The highest BCUT2D eigenvalue weighted by molar-refractivity contribution is 6.07. The molecule has 2 aliphatic heterocycles. The average molecular weight is 574 g/mol. The highest BCUT2D eigenvalue weighted by atomic mass is 19.4. The average Bonchev–Trinajstić information content (AvgIpc) is 3.68. The van der Waals surface area contributed by atoms with Crippen molar-refractivity contribution in [2.45, 2.75) is 44.4 Å². The monoisotopic (exact) mass is 573 g/mol. The van der Waals surface area contributed by atoms with E-state index in [1.165, 1.54) is 25.0 Å². The number of aromatic nitrogens is 1. The molecule has 218 valence electrons. The number of rotatable bonds is 7. The van der Waals surface area contributed by atoms with Crippen LogP contribution in [0.1, 0.15) is 47.2 Å². The Morgan fingerprint density at radius 2 is 1.62 bits per heavy atom. The van der Waals surface area contributed by atoms with Crippen molar-refractivity contribution >= 4 is 28.3 Å². The first kappa shape index (κ1) is 28.0. The largest absolute Gasteiger partial charge is 0.416 e. The third-order valence-electron chi connectivity index (χ3n) is 8.34. The fourth-order valence-corrected chi connectivity index (χ4v) is 6.07. The lowest BCUT2D eigenvalue weighted by atomic mass is 10.0. The second-order valence-corrected chi connectivity index (χ2v) is 11.3. The maximum atomic E-state index is 14.1. The molecule has 6 nitrogen and oxygen atoms in total. The molecule has 0 radical (unpaired) electrons. The van der Waals surface area contributed by atoms with E-state index in [4.69, 9.17) is 10.7 Å². The van der Waals surface area contributed by atoms with E-state index in [1.807, 2.05) is 47.4 Å². The van der Waals surface area contributed by atoms with Crippen LogP contribution in [0.2, 0.25) is 0 Å². The van der Waals surface area contributed by atoms with Gasteiger partial charge in [0.15, 0.2) is 0 Å². The highest BCUT2D eigenvalue weighted by Crippen LogP contribution is 2.32. The minimum Gasteiger partial charge on any atom is -0.399 e. The van der Waals surface area contributed by atoms with Crippen LogP contribution < -0.4 is 11.1 Å². The van der Waals surface area contributed by atoms with E-state index in [0.717, 1.165) is 67.7 Å². The second-order valence-electron chi connectivity index (χ2n) is 11.3. The summed E-state index contributed by atoms with van der Waals surface area (Å²) in [4.78, 5) is 23.4. The fourth-order valence-electron chi connectivity index (χ4n) is 6.07. The second kappa shape index (κ2) is 11.6. The number of anilines is 2. The van der Waals surface area contributed by atoms with E-state index >= 15 is 0 Å². The number of alkyl halides is 3. The molecule has 4 aromatic rings. The number of amides is 1. The molecule has 0 spiro atoms. The normalized spacial score (nSPS) is 17.7. The van der Waals surface area contributed by atoms with E-state index in [9.17, 15) is 18.0 Å². The van der Waals surface area contributed by atoms with Gasteiger partial charge in [0.25, 0.3) is 5.91 Å². The van der Waals surface area contributed by atoms with Gasteiger partial charge in [-0.05, 0) is 91.9 Å². The van der Waals surface area contributed by atoms with Crippen LogP contribution in [0.5, 0.6) is 0 Å². The van der Waals surface area contributed by atoms with E-state index in [2.05, 4.69) is 10.2 Å². The molecule has 3 aromatic carbocycles. The number of carbonyl (C=O) groups excluding carboxylic acids is 1. The molecule has 9 heteroatoms. The number of hydrogen-bond acceptors (Lipinski definition) is 5. The number of benzene rings is 3. The molecule has 2 aliphatic rings. The number of likely N-dealkylation sites (tertiary alicyclic amines) is 2. The number of nitrogens with one attached hydrogen (secondary N) is 1. The van der Waals surface area contributed by atoms with Gasteiger partial charge in [0.1, 0.15) is 5.82 Å². The maximum Gasteiger partial charge on any atom is 0.416 e. The minimum absolute atomic E-state index is 0.0121. The molecule has 1 atom stereocenters. The summed E-state index contributed by atoms with van der Waals surface area (Å²) in [6.07, 6.45) is 0.00455. The Morgan fingerprint density at radius 3 is 2.33 bits per heavy atom. The summed E-state index contributed by atoms with van der Waals surface area (Å²) in [7, 11) is 0. The molecule has 1 amide bonds. The molecule has 3 N–H and O–H groups in total. The SMILES string of the molecule is Nc1ccc(-c2ccc3c(C(=O)N4CCC[C@H]4CN4CCCC4)cc(NCc4ccc(C(F)(F)F)cc4)nc3c2)cc1. The molecular formula is C33H34F3N5O. The first-order valence-corrected chi connectivity index (χ1v) is 14.5. The van der Waals surface area contributed by atoms with Crippen LogP contribution in [-0.4, -0.2) is 52.9 Å². The number of nitrogen functional groups attached to an aromatic ring is 1. The predicted molar refractivity (Wildman–Crippen MR) is 160 cm³/mol. The molecule has 3 heterocycles. The molecule has 0 aliphatic carbocycles. The van der Waals surface area contributed by atoms with Gasteiger partial charge in [-0.3, -0.25) is 4.79 Å². The zero-order valence-corrected chi connectivity index (χ0v) is 23.3. The van der Waals surface area contributed by atoms with E-state index in [0.29, 0.717) is 28.1 Å². The Balaban J connectivity index is 1.32. The summed E-state index contributed by atoms with van der Waals surface area (Å²) in [6.45, 7) is 4.06. The lowest BCUT2D eigenvalue weighted by molar-refractivity contribution is -0.137. The first-order chi connectivity index (χ1) is 20.2. The van der Waals surface area contributed by atoms with Crippen molar-refractivity contribution in [2.75, 3.05) is 37.2 Å². The predicted octanol–water partition coefficient (Wildman–Crippen LogP) is 6.82. The summed E-state index contributed by atoms with van der Waals surface area (Å²) in [5.74, 6) is 0.484. The fraction of sp³-hybridized carbons (Fsp3) is 0.333. The Morgan fingerprint density at radius 1 is 0.905 bits per heavy atom. The third-order valence-corrected chi connectivity index (χ3v) is 8.34. The van der Waals surface area contributed by atoms with Crippen molar-refractivity contribution in [1.29, 1.82) is 0 Å². The van der Waals surface area contributed by atoms with Crippen LogP contribution >= 0.6 is 0 Å². The number of pyridine rings is 1. The molecule has 6 rings (SSSR count). The van der Waals surface area contributed by atoms with Gasteiger partial charge in [0, 0.05) is 36.7 Å². The van der Waals surface area contributed by atoms with Gasteiger partial charge in [0.2, 0.25) is 0 Å². The summed E-state index contributed by atoms with van der Waals surface area (Å²) >= 11 is 0. The lowest BCUT2D eigenvalue weighted by Crippen LogP contribution is -2.42. The molecule has 0 saturated carbocycles. The Bertz CT molecular complexity index is 1560. The van der Waals surface area contributed by atoms with Gasteiger partial charge < -0.3 is 20.9 Å². The number of fused-ring (bicyclic) bond motifs is 1. The lowest BCUT2D eigenvalue weighted by Gasteiger charge is -2.29. The molecule has 42 heavy (non-hydrogen) atoms. The van der Waals surface area contributed by atoms with Crippen molar-refractivity contribution < 1.29 is 18.0 Å². The van der Waals surface area contributed by atoms with Crippen LogP contribution in [0, 0.1) is 0 Å². The summed E-state index contributed by atoms with van der Waals surface area (Å²) in [5, 5.41) is 4.02. The zero-order chi connectivity index (χ0) is 29.3. The number of hydrogen-bond donors (Lipinski definition) is 2. The Hall–Kier alpha value is -4.11. The highest BCUT2D eigenvalue weighted by Gasteiger charge is 2.33. The number of nitrogens with zero attached hydrogens (tertiary/aromatic N) is 3. The molecule has 0 bridgehead atoms. The Labute approximate surface area is 243 Å². The van der Waals surface area contributed by atoms with Crippen LogP contribution in [0.25, 0.3) is 22.0 Å². The Kier molecular flexibility index (Phi) is 7.77. The van der Waals surface area contributed by atoms with E-state index < -0.39 is 11.7 Å². The molecular weight excluding hydrogens is 539 g/mol. The van der Waals surface area contributed by atoms with Crippen molar-refractivity contribution in [3.05, 3.63) is 89.5 Å². The molecule has 2 fully saturated rings. The summed E-state index contributed by atoms with van der Waals surface area (Å²) < 4.78 is 39.0. The van der Waals surface area contributed by atoms with Crippen LogP contribution in [0.4, 0.5) is 24.7 Å². The van der Waals surface area contributed by atoms with E-state index in [-0.39, 0.29) is 18.5 Å². The molecule has 1 aromatic heterocycles. The minimum atomic E-state index is -4.38. The van der Waals surface area contributed by atoms with Gasteiger partial charge >= 0.3 is 6.18 Å². The molecule has 2 saturated heterocycles. The van der Waals surface area contributed by atoms with E-state index in [1.54, 1.807) is 6.07 Å². The van der Waals surface area contributed by atoms with Crippen molar-refractivity contribution in [2.24, 2.45) is 0 Å². The smallest absolute Gasteiger partial charge is 0.399 e. The topological polar surface area (TPSA) is 74.5 Å². The van der Waals surface area contributed by atoms with Crippen LogP contribution in [-0.2, 0) is 12.7 Å². The van der Waals surface area contributed by atoms with Gasteiger partial charge in [-0.1, -0.05) is 36.4 Å². The first-order valence-electron chi connectivity index (χ1n) is 14.5. The van der Waals surface area contributed by atoms with Gasteiger partial charge in [-0.15, -0.1) is 0 Å². The van der Waals surface area contributed by atoms with Gasteiger partial charge in [-0.25, -0.2) is 4.98 Å².